The minimum absolute atomic E-state index is 0.0414. The molecule has 5 rings (SSSR count). The van der Waals surface area contributed by atoms with Crippen LogP contribution in [-0.2, 0) is 5.54 Å². The van der Waals surface area contributed by atoms with Gasteiger partial charge in [-0.15, -0.1) is 0 Å². The maximum Gasteiger partial charge on any atom is 0.255 e. The van der Waals surface area contributed by atoms with Gasteiger partial charge in [0.15, 0.2) is 11.5 Å². The number of carbonyl (C=O) groups is 1. The van der Waals surface area contributed by atoms with Crippen molar-refractivity contribution in [1.29, 1.82) is 0 Å². The third kappa shape index (κ3) is 1.99. The summed E-state index contributed by atoms with van der Waals surface area (Å²) in [6, 6.07) is 3.94. The molecule has 4 aliphatic rings. The second-order valence-electron chi connectivity index (χ2n) is 7.22. The molecule has 1 saturated heterocycles. The molecule has 0 radical (unpaired) electrons. The van der Waals surface area contributed by atoms with Crippen molar-refractivity contribution in [3.8, 4) is 11.5 Å². The zero-order valence-electron chi connectivity index (χ0n) is 13.3. The highest BCUT2D eigenvalue weighted by molar-refractivity contribution is 6.01. The number of piperidine rings is 1. The molecule has 1 spiro atoms. The van der Waals surface area contributed by atoms with Crippen LogP contribution in [0.5, 0.6) is 11.5 Å². The molecule has 1 N–H and O–H groups in total. The van der Waals surface area contributed by atoms with E-state index in [-0.39, 0.29) is 18.2 Å². The molecule has 3 heterocycles. The summed E-state index contributed by atoms with van der Waals surface area (Å²) in [4.78, 5) is 15.1. The number of rotatable bonds is 3. The van der Waals surface area contributed by atoms with E-state index in [0.717, 1.165) is 61.7 Å². The number of amides is 1. The zero-order valence-corrected chi connectivity index (χ0v) is 13.3. The molecular weight excluding hydrogens is 292 g/mol. The van der Waals surface area contributed by atoms with E-state index in [0.29, 0.717) is 5.75 Å². The maximum absolute atomic E-state index is 12.9. The molecule has 1 aromatic rings. The number of benzene rings is 1. The van der Waals surface area contributed by atoms with Gasteiger partial charge >= 0.3 is 0 Å². The Labute approximate surface area is 135 Å². The van der Waals surface area contributed by atoms with Crippen molar-refractivity contribution in [1.82, 2.24) is 10.2 Å². The normalized spacial score (nSPS) is 24.3. The molecule has 0 bridgehead atoms. The molecule has 23 heavy (non-hydrogen) atoms. The van der Waals surface area contributed by atoms with Gasteiger partial charge in [-0.05, 0) is 68.8 Å². The van der Waals surface area contributed by atoms with Crippen molar-refractivity contribution in [2.75, 3.05) is 26.4 Å². The summed E-state index contributed by atoms with van der Waals surface area (Å²) in [5.41, 5.74) is 1.95. The Morgan fingerprint density at radius 1 is 1.17 bits per heavy atom. The fourth-order valence-electron chi connectivity index (χ4n) is 4.44. The summed E-state index contributed by atoms with van der Waals surface area (Å²) in [7, 11) is 0. The van der Waals surface area contributed by atoms with Gasteiger partial charge in [-0.25, -0.2) is 0 Å². The van der Waals surface area contributed by atoms with Gasteiger partial charge in [-0.2, -0.15) is 0 Å². The van der Waals surface area contributed by atoms with Gasteiger partial charge in [0.2, 0.25) is 6.79 Å². The number of ether oxygens (including phenoxy) is 2. The number of hydrogen-bond donors (Lipinski definition) is 1. The lowest BCUT2D eigenvalue weighted by Gasteiger charge is -2.29. The van der Waals surface area contributed by atoms with Crippen LogP contribution in [0.2, 0.25) is 0 Å². The van der Waals surface area contributed by atoms with Crippen molar-refractivity contribution in [2.45, 2.75) is 37.6 Å². The predicted molar refractivity (Wildman–Crippen MR) is 84.7 cm³/mol. The number of carbonyl (C=O) groups excluding carboxylic acids is 1. The van der Waals surface area contributed by atoms with Crippen molar-refractivity contribution >= 4 is 5.91 Å². The first-order valence-corrected chi connectivity index (χ1v) is 8.75. The average molecular weight is 314 g/mol. The second kappa shape index (κ2) is 4.87. The molecule has 122 valence electrons. The molecule has 0 aromatic heterocycles. The van der Waals surface area contributed by atoms with Crippen LogP contribution in [-0.4, -0.2) is 37.2 Å². The maximum atomic E-state index is 12.9. The van der Waals surface area contributed by atoms with Gasteiger partial charge in [0, 0.05) is 12.1 Å². The molecule has 1 aliphatic carbocycles. The quantitative estimate of drug-likeness (QED) is 0.930. The molecule has 5 nitrogen and oxygen atoms in total. The molecule has 0 unspecified atom stereocenters. The Morgan fingerprint density at radius 3 is 2.65 bits per heavy atom. The molecule has 1 saturated carbocycles. The average Bonchev–Trinajstić information content (AvgIpc) is 3.18. The molecule has 1 amide bonds. The third-order valence-electron chi connectivity index (χ3n) is 5.95. The lowest BCUT2D eigenvalue weighted by Crippen LogP contribution is -2.36. The first kappa shape index (κ1) is 13.7. The fraction of sp³-hybridized carbons (Fsp3) is 0.611. The SMILES string of the molecule is O=C1c2cc3c(cc2C2(CC2)N1CCC1CCNCC1)OCO3. The Hall–Kier alpha value is -1.75. The predicted octanol–water partition coefficient (Wildman–Crippen LogP) is 2.25. The molecule has 1 aromatic carbocycles. The lowest BCUT2D eigenvalue weighted by molar-refractivity contribution is 0.0682. The zero-order chi connectivity index (χ0) is 15.4. The van der Waals surface area contributed by atoms with Gasteiger partial charge in [0.05, 0.1) is 5.54 Å². The number of fused-ring (bicyclic) bond motifs is 3. The highest BCUT2D eigenvalue weighted by Crippen LogP contribution is 2.58. The molecule has 5 heteroatoms. The number of nitrogens with zero attached hydrogens (tertiary/aromatic N) is 1. The van der Waals surface area contributed by atoms with E-state index in [4.69, 9.17) is 9.47 Å². The molecule has 3 aliphatic heterocycles. The summed E-state index contributed by atoms with van der Waals surface area (Å²) in [6.07, 6.45) is 5.75. The highest BCUT2D eigenvalue weighted by atomic mass is 16.7. The van der Waals surface area contributed by atoms with Crippen LogP contribution in [0.15, 0.2) is 12.1 Å². The van der Waals surface area contributed by atoms with Crippen LogP contribution in [0.25, 0.3) is 0 Å². The largest absolute Gasteiger partial charge is 0.454 e. The fourth-order valence-corrected chi connectivity index (χ4v) is 4.44. The van der Waals surface area contributed by atoms with E-state index in [1.807, 2.05) is 12.1 Å². The topological polar surface area (TPSA) is 50.8 Å². The minimum atomic E-state index is -0.0414. The Morgan fingerprint density at radius 2 is 1.91 bits per heavy atom. The van der Waals surface area contributed by atoms with Gasteiger partial charge < -0.3 is 19.7 Å². The Bertz CT molecular complexity index is 662. The second-order valence-corrected chi connectivity index (χ2v) is 7.22. The van der Waals surface area contributed by atoms with Gasteiger partial charge in [-0.1, -0.05) is 0 Å². The molecule has 2 fully saturated rings. The van der Waals surface area contributed by atoms with E-state index in [1.54, 1.807) is 0 Å². The standard InChI is InChI=1S/C18H22N2O3/c21-17-13-9-15-16(23-11-22-15)10-14(13)18(4-5-18)20(17)8-3-12-1-6-19-7-2-12/h9-10,12,19H,1-8,11H2. The van der Waals surface area contributed by atoms with Gasteiger partial charge in [-0.3, -0.25) is 4.79 Å². The van der Waals surface area contributed by atoms with E-state index < -0.39 is 0 Å². The van der Waals surface area contributed by atoms with Crippen LogP contribution in [0.4, 0.5) is 0 Å². The lowest BCUT2D eigenvalue weighted by atomic mass is 9.94. The van der Waals surface area contributed by atoms with Gasteiger partial charge in [0.25, 0.3) is 5.91 Å². The monoisotopic (exact) mass is 314 g/mol. The van der Waals surface area contributed by atoms with E-state index >= 15 is 0 Å². The molecule has 0 atom stereocenters. The first-order chi connectivity index (χ1) is 11.3. The van der Waals surface area contributed by atoms with E-state index in [9.17, 15) is 4.79 Å². The minimum Gasteiger partial charge on any atom is -0.454 e. The van der Waals surface area contributed by atoms with Crippen LogP contribution < -0.4 is 14.8 Å². The number of nitrogens with one attached hydrogen (secondary N) is 1. The van der Waals surface area contributed by atoms with Crippen LogP contribution in [0.3, 0.4) is 0 Å². The summed E-state index contributed by atoms with van der Waals surface area (Å²) in [6.45, 7) is 3.38. The van der Waals surface area contributed by atoms with Gasteiger partial charge in [0.1, 0.15) is 0 Å². The highest BCUT2D eigenvalue weighted by Gasteiger charge is 2.58. The smallest absolute Gasteiger partial charge is 0.255 e. The summed E-state index contributed by atoms with van der Waals surface area (Å²) in [5, 5.41) is 3.41. The third-order valence-corrected chi connectivity index (χ3v) is 5.95. The van der Waals surface area contributed by atoms with Crippen LogP contribution in [0, 0.1) is 5.92 Å². The summed E-state index contributed by atoms with van der Waals surface area (Å²) < 4.78 is 11.0. The number of hydrogen-bond acceptors (Lipinski definition) is 4. The van der Waals surface area contributed by atoms with Crippen molar-refractivity contribution in [2.24, 2.45) is 5.92 Å². The summed E-state index contributed by atoms with van der Waals surface area (Å²) in [5.74, 6) is 2.45. The van der Waals surface area contributed by atoms with E-state index in [2.05, 4.69) is 10.2 Å². The van der Waals surface area contributed by atoms with E-state index in [1.165, 1.54) is 12.8 Å². The summed E-state index contributed by atoms with van der Waals surface area (Å²) >= 11 is 0. The van der Waals surface area contributed by atoms with Crippen molar-refractivity contribution in [3.05, 3.63) is 23.3 Å². The van der Waals surface area contributed by atoms with Crippen LogP contribution in [0.1, 0.15) is 48.0 Å². The molecular formula is C18H22N2O3. The van der Waals surface area contributed by atoms with Crippen molar-refractivity contribution < 1.29 is 14.3 Å². The van der Waals surface area contributed by atoms with Crippen molar-refractivity contribution in [3.63, 3.8) is 0 Å². The first-order valence-electron chi connectivity index (χ1n) is 8.75. The Balaban J connectivity index is 1.40. The Kier molecular flexibility index (Phi) is 2.89. The van der Waals surface area contributed by atoms with Crippen LogP contribution >= 0.6 is 0 Å².